The maximum Gasteiger partial charge on any atom is 0.245 e. The topological polar surface area (TPSA) is 96.6 Å². The summed E-state index contributed by atoms with van der Waals surface area (Å²) in [7, 11) is -3.85. The van der Waals surface area contributed by atoms with Gasteiger partial charge in [0.05, 0.1) is 5.69 Å². The predicted molar refractivity (Wildman–Crippen MR) is 85.3 cm³/mol. The van der Waals surface area contributed by atoms with Gasteiger partial charge in [-0.2, -0.15) is 0 Å². The van der Waals surface area contributed by atoms with Crippen LogP contribution in [0.5, 0.6) is 0 Å². The molecule has 9 heteroatoms. The molecule has 2 N–H and O–H groups in total. The Bertz CT molecular complexity index is 673. The molecule has 1 aliphatic heterocycles. The number of hydrogen-bond donors (Lipinski definition) is 1. The first-order chi connectivity index (χ1) is 10.3. The Hall–Kier alpha value is -1.19. The quantitative estimate of drug-likeness (QED) is 0.851. The summed E-state index contributed by atoms with van der Waals surface area (Å²) in [6.07, 6.45) is 1.42. The number of primary sulfonamides is 1. The van der Waals surface area contributed by atoms with Gasteiger partial charge in [0.15, 0.2) is 9.88 Å². The molecular formula is C13H20N4O3S2. The Labute approximate surface area is 134 Å². The molecule has 0 spiro atoms. The molecule has 0 aromatic carbocycles. The van der Waals surface area contributed by atoms with Crippen LogP contribution < -0.4 is 10.0 Å². The first kappa shape index (κ1) is 15.7. The molecule has 22 heavy (non-hydrogen) atoms. The molecule has 2 aliphatic rings. The van der Waals surface area contributed by atoms with Crippen molar-refractivity contribution < 1.29 is 13.2 Å². The van der Waals surface area contributed by atoms with E-state index in [4.69, 9.17) is 5.14 Å². The van der Waals surface area contributed by atoms with Crippen molar-refractivity contribution in [1.82, 2.24) is 9.88 Å². The SMILES string of the molecule is Cc1csc(N2CCN(C(=O)C3(S(N)(=O)=O)CCC3)CC2)n1. The number of hydrogen-bond acceptors (Lipinski definition) is 6. The van der Waals surface area contributed by atoms with E-state index in [0.29, 0.717) is 39.0 Å². The van der Waals surface area contributed by atoms with Gasteiger partial charge in [-0.15, -0.1) is 11.3 Å². The van der Waals surface area contributed by atoms with Crippen LogP contribution in [0.2, 0.25) is 0 Å². The highest BCUT2D eigenvalue weighted by molar-refractivity contribution is 7.91. The summed E-state index contributed by atoms with van der Waals surface area (Å²) >= 11 is 1.59. The lowest BCUT2D eigenvalue weighted by molar-refractivity contribution is -0.136. The summed E-state index contributed by atoms with van der Waals surface area (Å²) < 4.78 is 22.3. The van der Waals surface area contributed by atoms with Gasteiger partial charge in [0.1, 0.15) is 0 Å². The van der Waals surface area contributed by atoms with E-state index >= 15 is 0 Å². The van der Waals surface area contributed by atoms with Crippen molar-refractivity contribution in [3.8, 4) is 0 Å². The van der Waals surface area contributed by atoms with Crippen molar-refractivity contribution in [2.24, 2.45) is 5.14 Å². The molecular weight excluding hydrogens is 324 g/mol. The minimum Gasteiger partial charge on any atom is -0.345 e. The Morgan fingerprint density at radius 3 is 2.36 bits per heavy atom. The van der Waals surface area contributed by atoms with Crippen molar-refractivity contribution in [3.05, 3.63) is 11.1 Å². The second-order valence-electron chi connectivity index (χ2n) is 5.94. The monoisotopic (exact) mass is 344 g/mol. The zero-order chi connectivity index (χ0) is 16.0. The summed E-state index contributed by atoms with van der Waals surface area (Å²) in [5.41, 5.74) is 0.987. The molecule has 1 saturated carbocycles. The van der Waals surface area contributed by atoms with E-state index < -0.39 is 14.8 Å². The number of anilines is 1. The summed E-state index contributed by atoms with van der Waals surface area (Å²) in [4.78, 5) is 20.8. The van der Waals surface area contributed by atoms with Crippen molar-refractivity contribution in [2.75, 3.05) is 31.1 Å². The van der Waals surface area contributed by atoms with Crippen molar-refractivity contribution in [1.29, 1.82) is 0 Å². The Balaban J connectivity index is 1.67. The molecule has 122 valence electrons. The number of aryl methyl sites for hydroxylation is 1. The number of piperazine rings is 1. The van der Waals surface area contributed by atoms with Crippen LogP contribution in [0.1, 0.15) is 25.0 Å². The summed E-state index contributed by atoms with van der Waals surface area (Å²) in [6, 6.07) is 0. The molecule has 1 aromatic heterocycles. The molecule has 0 unspecified atom stereocenters. The Kier molecular flexibility index (Phi) is 3.90. The molecule has 0 atom stereocenters. The molecule has 2 fully saturated rings. The van der Waals surface area contributed by atoms with E-state index in [-0.39, 0.29) is 5.91 Å². The van der Waals surface area contributed by atoms with Gasteiger partial charge in [0.2, 0.25) is 15.9 Å². The van der Waals surface area contributed by atoms with Crippen LogP contribution in [0.3, 0.4) is 0 Å². The number of aromatic nitrogens is 1. The lowest BCUT2D eigenvalue weighted by atomic mass is 9.83. The van der Waals surface area contributed by atoms with Gasteiger partial charge in [0.25, 0.3) is 0 Å². The van der Waals surface area contributed by atoms with Crippen LogP contribution in [-0.4, -0.2) is 55.1 Å². The van der Waals surface area contributed by atoms with E-state index in [1.807, 2.05) is 12.3 Å². The van der Waals surface area contributed by atoms with Crippen LogP contribution >= 0.6 is 11.3 Å². The van der Waals surface area contributed by atoms with Crippen molar-refractivity contribution in [2.45, 2.75) is 30.9 Å². The highest BCUT2D eigenvalue weighted by atomic mass is 32.2. The molecule has 7 nitrogen and oxygen atoms in total. The number of nitrogens with two attached hydrogens (primary N) is 1. The minimum atomic E-state index is -3.85. The summed E-state index contributed by atoms with van der Waals surface area (Å²) in [5.74, 6) is -0.323. The molecule has 3 rings (SSSR count). The summed E-state index contributed by atoms with van der Waals surface area (Å²) in [6.45, 7) is 4.30. The first-order valence-corrected chi connectivity index (χ1v) is 9.75. The van der Waals surface area contributed by atoms with Gasteiger partial charge in [0, 0.05) is 31.6 Å². The Morgan fingerprint density at radius 1 is 1.32 bits per heavy atom. The van der Waals surface area contributed by atoms with Gasteiger partial charge in [-0.25, -0.2) is 18.5 Å². The zero-order valence-electron chi connectivity index (χ0n) is 12.5. The number of rotatable bonds is 3. The number of carbonyl (C=O) groups excluding carboxylic acids is 1. The van der Waals surface area contributed by atoms with Gasteiger partial charge in [-0.05, 0) is 26.2 Å². The molecule has 1 saturated heterocycles. The van der Waals surface area contributed by atoms with Crippen LogP contribution in [0.25, 0.3) is 0 Å². The number of sulfonamides is 1. The third-order valence-electron chi connectivity index (χ3n) is 4.54. The van der Waals surface area contributed by atoms with Crippen molar-refractivity contribution >= 4 is 32.4 Å². The highest BCUT2D eigenvalue weighted by Gasteiger charge is 2.55. The average Bonchev–Trinajstić information content (AvgIpc) is 2.82. The third-order valence-corrected chi connectivity index (χ3v) is 7.23. The summed E-state index contributed by atoms with van der Waals surface area (Å²) in [5, 5.41) is 8.26. The fraction of sp³-hybridized carbons (Fsp3) is 0.692. The maximum absolute atomic E-state index is 12.6. The minimum absolute atomic E-state index is 0.323. The maximum atomic E-state index is 12.6. The van der Waals surface area contributed by atoms with Gasteiger partial charge in [-0.3, -0.25) is 4.79 Å². The predicted octanol–water partition coefficient (Wildman–Crippen LogP) is 0.311. The van der Waals surface area contributed by atoms with Crippen LogP contribution in [0.15, 0.2) is 5.38 Å². The smallest absolute Gasteiger partial charge is 0.245 e. The van der Waals surface area contributed by atoms with Crippen LogP contribution in [-0.2, 0) is 14.8 Å². The van der Waals surface area contributed by atoms with E-state index in [2.05, 4.69) is 9.88 Å². The number of carbonyl (C=O) groups is 1. The molecule has 1 aliphatic carbocycles. The van der Waals surface area contributed by atoms with E-state index in [1.165, 1.54) is 0 Å². The molecule has 1 amide bonds. The standard InChI is InChI=1S/C13H20N4O3S2/c1-10-9-21-12(15-10)17-7-5-16(6-8-17)11(18)13(3-2-4-13)22(14,19)20/h9H,2-8H2,1H3,(H2,14,19,20). The van der Waals surface area contributed by atoms with E-state index in [0.717, 1.165) is 17.2 Å². The second-order valence-corrected chi connectivity index (χ2v) is 8.65. The second kappa shape index (κ2) is 5.47. The van der Waals surface area contributed by atoms with Gasteiger partial charge >= 0.3 is 0 Å². The molecule has 0 bridgehead atoms. The zero-order valence-corrected chi connectivity index (χ0v) is 14.1. The Morgan fingerprint density at radius 2 is 1.95 bits per heavy atom. The number of nitrogens with zero attached hydrogens (tertiary/aromatic N) is 3. The molecule has 0 radical (unpaired) electrons. The molecule has 2 heterocycles. The van der Waals surface area contributed by atoms with Crippen LogP contribution in [0, 0.1) is 6.92 Å². The number of amides is 1. The third kappa shape index (κ3) is 2.50. The van der Waals surface area contributed by atoms with Crippen LogP contribution in [0.4, 0.5) is 5.13 Å². The molecule has 1 aromatic rings. The largest absolute Gasteiger partial charge is 0.345 e. The first-order valence-electron chi connectivity index (χ1n) is 7.32. The van der Waals surface area contributed by atoms with E-state index in [9.17, 15) is 13.2 Å². The number of thiazole rings is 1. The fourth-order valence-electron chi connectivity index (χ4n) is 2.99. The normalized spacial score (nSPS) is 21.5. The van der Waals surface area contributed by atoms with Gasteiger partial charge < -0.3 is 9.80 Å². The average molecular weight is 344 g/mol. The van der Waals surface area contributed by atoms with Crippen molar-refractivity contribution in [3.63, 3.8) is 0 Å². The lowest BCUT2D eigenvalue weighted by Gasteiger charge is -2.43. The van der Waals surface area contributed by atoms with E-state index in [1.54, 1.807) is 16.2 Å². The fourth-order valence-corrected chi connectivity index (χ4v) is 5.08. The lowest BCUT2D eigenvalue weighted by Crippen LogP contribution is -2.63. The van der Waals surface area contributed by atoms with Gasteiger partial charge in [-0.1, -0.05) is 0 Å². The highest BCUT2D eigenvalue weighted by Crippen LogP contribution is 2.40.